The van der Waals surface area contributed by atoms with Crippen molar-refractivity contribution in [1.82, 2.24) is 30.5 Å². The zero-order chi connectivity index (χ0) is 28.4. The molecule has 0 radical (unpaired) electrons. The number of methoxy groups -OCH3 is 1. The van der Waals surface area contributed by atoms with Gasteiger partial charge in [0, 0.05) is 29.5 Å². The van der Waals surface area contributed by atoms with E-state index in [1.807, 2.05) is 31.3 Å². The van der Waals surface area contributed by atoms with Crippen LogP contribution in [0.4, 0.5) is 23.0 Å². The smallest absolute Gasteiger partial charge is 0.273 e. The Kier molecular flexibility index (Phi) is 5.64. The van der Waals surface area contributed by atoms with E-state index in [0.29, 0.717) is 28.6 Å². The highest BCUT2D eigenvalue weighted by atomic mass is 16.5. The first kappa shape index (κ1) is 20.5. The number of fused-ring (bicyclic) bond motifs is 6. The molecule has 188 valence electrons. The van der Waals surface area contributed by atoms with Crippen LogP contribution >= 0.6 is 0 Å². The van der Waals surface area contributed by atoms with E-state index in [2.05, 4.69) is 35.8 Å². The van der Waals surface area contributed by atoms with Gasteiger partial charge in [0.25, 0.3) is 5.91 Å². The average Bonchev–Trinajstić information content (AvgIpc) is 2.89. The SMILES string of the molecule is [2H]C([2H])([2H])NC(=O)c1nnc2cc1Nc1cc(cc(-c3ncc(C)cn3)c1OC)COCc1nc(ccc1C)N2. The van der Waals surface area contributed by atoms with Gasteiger partial charge in [-0.25, -0.2) is 15.0 Å². The summed E-state index contributed by atoms with van der Waals surface area (Å²) in [4.78, 5) is 26.5. The topological polar surface area (TPSA) is 136 Å². The van der Waals surface area contributed by atoms with Gasteiger partial charge in [-0.1, -0.05) is 6.07 Å². The van der Waals surface area contributed by atoms with Crippen LogP contribution in [-0.4, -0.2) is 45.1 Å². The summed E-state index contributed by atoms with van der Waals surface area (Å²) in [6, 6.07) is 8.91. The van der Waals surface area contributed by atoms with Crippen LogP contribution in [0.25, 0.3) is 11.4 Å². The van der Waals surface area contributed by atoms with E-state index in [0.717, 1.165) is 22.4 Å². The third-order valence-corrected chi connectivity index (χ3v) is 5.73. The summed E-state index contributed by atoms with van der Waals surface area (Å²) in [6.07, 6.45) is 3.40. The first-order chi connectivity index (χ1) is 19.1. The van der Waals surface area contributed by atoms with Gasteiger partial charge in [-0.2, -0.15) is 0 Å². The van der Waals surface area contributed by atoms with Crippen molar-refractivity contribution in [1.29, 1.82) is 0 Å². The lowest BCUT2D eigenvalue weighted by Crippen LogP contribution is -2.21. The number of carbonyl (C=O) groups excluding carboxylic acids is 1. The maximum atomic E-state index is 12.9. The third-order valence-electron chi connectivity index (χ3n) is 5.73. The fourth-order valence-corrected chi connectivity index (χ4v) is 3.89. The second-order valence-corrected chi connectivity index (χ2v) is 8.46. The monoisotopic (exact) mass is 501 g/mol. The van der Waals surface area contributed by atoms with E-state index in [-0.39, 0.29) is 30.4 Å². The number of carbonyl (C=O) groups is 1. The van der Waals surface area contributed by atoms with Crippen molar-refractivity contribution < 1.29 is 18.4 Å². The Hall–Kier alpha value is -4.64. The molecule has 0 spiro atoms. The molecule has 0 saturated heterocycles. The summed E-state index contributed by atoms with van der Waals surface area (Å²) in [7, 11) is 1.51. The minimum atomic E-state index is -2.73. The number of hydrogen-bond donors (Lipinski definition) is 3. The van der Waals surface area contributed by atoms with Gasteiger partial charge in [0.1, 0.15) is 5.82 Å². The van der Waals surface area contributed by atoms with Crippen LogP contribution < -0.4 is 20.7 Å². The Morgan fingerprint density at radius 2 is 1.89 bits per heavy atom. The van der Waals surface area contributed by atoms with Crippen molar-refractivity contribution in [2.75, 3.05) is 24.7 Å². The van der Waals surface area contributed by atoms with Gasteiger partial charge in [0.15, 0.2) is 23.1 Å². The molecule has 6 bridgehead atoms. The number of aromatic nitrogens is 5. The van der Waals surface area contributed by atoms with Crippen LogP contribution in [0.2, 0.25) is 0 Å². The second kappa shape index (κ2) is 10.2. The molecule has 11 heteroatoms. The van der Waals surface area contributed by atoms with Crippen molar-refractivity contribution >= 4 is 28.9 Å². The van der Waals surface area contributed by atoms with Gasteiger partial charge in [-0.05, 0) is 48.7 Å². The lowest BCUT2D eigenvalue weighted by Gasteiger charge is -2.19. The molecule has 1 aliphatic heterocycles. The molecule has 1 amide bonds. The third kappa shape index (κ3) is 5.02. The molecule has 5 rings (SSSR count). The van der Waals surface area contributed by atoms with Crippen molar-refractivity contribution in [3.8, 4) is 17.1 Å². The number of hydrogen-bond acceptors (Lipinski definition) is 10. The van der Waals surface area contributed by atoms with E-state index in [1.54, 1.807) is 30.6 Å². The van der Waals surface area contributed by atoms with Crippen LogP contribution in [-0.2, 0) is 18.0 Å². The molecule has 0 fully saturated rings. The summed E-state index contributed by atoms with van der Waals surface area (Å²) in [5, 5.41) is 16.4. The summed E-state index contributed by atoms with van der Waals surface area (Å²) < 4.78 is 34.2. The fraction of sp³-hybridized carbons (Fsp3) is 0.231. The normalized spacial score (nSPS) is 14.1. The Balaban J connectivity index is 1.69. The summed E-state index contributed by atoms with van der Waals surface area (Å²) in [5.74, 6) is 0.658. The average molecular weight is 502 g/mol. The molecular formula is C26H26N8O3. The first-order valence-corrected chi connectivity index (χ1v) is 11.4. The van der Waals surface area contributed by atoms with Crippen LogP contribution in [0.5, 0.6) is 5.75 Å². The number of benzene rings is 1. The maximum Gasteiger partial charge on any atom is 0.273 e. The quantitative estimate of drug-likeness (QED) is 0.380. The highest BCUT2D eigenvalue weighted by Gasteiger charge is 2.21. The molecule has 1 aromatic carbocycles. The molecule has 1 aliphatic rings. The zero-order valence-electron chi connectivity index (χ0n) is 23.4. The maximum absolute atomic E-state index is 12.9. The van der Waals surface area contributed by atoms with E-state index in [4.69, 9.17) is 13.6 Å². The van der Waals surface area contributed by atoms with Gasteiger partial charge >= 0.3 is 0 Å². The van der Waals surface area contributed by atoms with E-state index in [9.17, 15) is 4.79 Å². The van der Waals surface area contributed by atoms with E-state index in [1.165, 1.54) is 7.11 Å². The number of amides is 1. The predicted molar refractivity (Wildman–Crippen MR) is 138 cm³/mol. The minimum Gasteiger partial charge on any atom is -0.494 e. The molecular weight excluding hydrogens is 472 g/mol. The first-order valence-electron chi connectivity index (χ1n) is 12.9. The summed E-state index contributed by atoms with van der Waals surface area (Å²) >= 11 is 0. The molecule has 4 heterocycles. The largest absolute Gasteiger partial charge is 0.494 e. The van der Waals surface area contributed by atoms with Gasteiger partial charge in [-0.3, -0.25) is 4.79 Å². The lowest BCUT2D eigenvalue weighted by molar-refractivity contribution is 0.0958. The summed E-state index contributed by atoms with van der Waals surface area (Å²) in [5.41, 5.74) is 4.33. The van der Waals surface area contributed by atoms with E-state index >= 15 is 0 Å². The van der Waals surface area contributed by atoms with Gasteiger partial charge in [-0.15, -0.1) is 10.2 Å². The molecule has 3 N–H and O–H groups in total. The standard InChI is InChI=1S/C26H26N8O3/c1-14-10-28-25(29-11-14)17-7-16-8-19(24(17)36-4)30-18-9-22(33-34-23(18)26(35)27-3)32-21-6-5-15(2)20(31-21)13-37-12-16/h5-11,30H,12-13H2,1-4H3,(H,27,35)(H,31,32,33)/i3D3. The van der Waals surface area contributed by atoms with Crippen molar-refractivity contribution in [2.45, 2.75) is 27.1 Å². The van der Waals surface area contributed by atoms with Gasteiger partial charge in [0.2, 0.25) is 0 Å². The van der Waals surface area contributed by atoms with Crippen LogP contribution in [0.15, 0.2) is 42.7 Å². The van der Waals surface area contributed by atoms with Crippen LogP contribution in [0, 0.1) is 13.8 Å². The Morgan fingerprint density at radius 1 is 1.05 bits per heavy atom. The highest BCUT2D eigenvalue weighted by Crippen LogP contribution is 2.39. The van der Waals surface area contributed by atoms with Crippen LogP contribution in [0.1, 0.15) is 37.0 Å². The lowest BCUT2D eigenvalue weighted by atomic mass is 10.1. The number of nitrogens with zero attached hydrogens (tertiary/aromatic N) is 5. The van der Waals surface area contributed by atoms with Crippen molar-refractivity contribution in [3.05, 3.63) is 70.8 Å². The fourth-order valence-electron chi connectivity index (χ4n) is 3.89. The molecule has 0 saturated carbocycles. The number of pyridine rings is 1. The van der Waals surface area contributed by atoms with Crippen molar-refractivity contribution in [3.63, 3.8) is 0 Å². The van der Waals surface area contributed by atoms with Crippen LogP contribution in [0.3, 0.4) is 0 Å². The Morgan fingerprint density at radius 3 is 2.68 bits per heavy atom. The van der Waals surface area contributed by atoms with Crippen molar-refractivity contribution in [2.24, 2.45) is 0 Å². The molecule has 37 heavy (non-hydrogen) atoms. The summed E-state index contributed by atoms with van der Waals surface area (Å²) in [6.45, 7) is 1.59. The zero-order valence-corrected chi connectivity index (χ0v) is 20.4. The Bertz CT molecular complexity index is 1580. The molecule has 4 aromatic rings. The molecule has 11 nitrogen and oxygen atoms in total. The number of rotatable bonds is 3. The number of ether oxygens (including phenoxy) is 2. The number of anilines is 4. The Labute approximate surface area is 217 Å². The van der Waals surface area contributed by atoms with Gasteiger partial charge in [0.05, 0.1) is 43.0 Å². The predicted octanol–water partition coefficient (Wildman–Crippen LogP) is 3.83. The molecule has 0 aliphatic carbocycles. The second-order valence-electron chi connectivity index (χ2n) is 8.46. The molecule has 3 aromatic heterocycles. The number of nitrogens with one attached hydrogen (secondary N) is 3. The van der Waals surface area contributed by atoms with Gasteiger partial charge < -0.3 is 25.4 Å². The molecule has 0 unspecified atom stereocenters. The number of aryl methyl sites for hydroxylation is 2. The highest BCUT2D eigenvalue weighted by molar-refractivity contribution is 5.99. The molecule has 0 atom stereocenters. The van der Waals surface area contributed by atoms with E-state index < -0.39 is 12.9 Å². The minimum absolute atomic E-state index is 0.177.